The highest BCUT2D eigenvalue weighted by Gasteiger charge is 2.27. The van der Waals surface area contributed by atoms with Crippen molar-refractivity contribution in [2.24, 2.45) is 17.6 Å². The molecule has 17 heavy (non-hydrogen) atoms. The van der Waals surface area contributed by atoms with Crippen molar-refractivity contribution in [2.75, 3.05) is 0 Å². The number of rotatable bonds is 5. The first kappa shape index (κ1) is 13.1. The lowest BCUT2D eigenvalue weighted by atomic mass is 9.74. The molecule has 2 rings (SSSR count). The Balaban J connectivity index is 1.81. The summed E-state index contributed by atoms with van der Waals surface area (Å²) in [4.78, 5) is 0. The van der Waals surface area contributed by atoms with E-state index in [-0.39, 0.29) is 0 Å². The molecule has 3 atom stereocenters. The van der Waals surface area contributed by atoms with Gasteiger partial charge in [-0.3, -0.25) is 0 Å². The van der Waals surface area contributed by atoms with Crippen LogP contribution in [0.4, 0.5) is 0 Å². The van der Waals surface area contributed by atoms with Gasteiger partial charge in [0.1, 0.15) is 0 Å². The summed E-state index contributed by atoms with van der Waals surface area (Å²) in [6, 6.07) is 2.71. The molecule has 2 N–H and O–H groups in total. The summed E-state index contributed by atoms with van der Waals surface area (Å²) in [5.74, 6) is 1.72. The van der Waals surface area contributed by atoms with Crippen LogP contribution < -0.4 is 5.73 Å². The van der Waals surface area contributed by atoms with Crippen LogP contribution in [0.15, 0.2) is 16.8 Å². The molecule has 0 saturated heterocycles. The van der Waals surface area contributed by atoms with Gasteiger partial charge in [-0.25, -0.2) is 0 Å². The Morgan fingerprint density at radius 1 is 1.35 bits per heavy atom. The van der Waals surface area contributed by atoms with E-state index in [1.807, 2.05) is 0 Å². The zero-order chi connectivity index (χ0) is 12.1. The lowest BCUT2D eigenvalue weighted by Crippen LogP contribution is -2.36. The van der Waals surface area contributed by atoms with Crippen LogP contribution >= 0.6 is 11.3 Å². The van der Waals surface area contributed by atoms with Crippen molar-refractivity contribution in [3.63, 3.8) is 0 Å². The monoisotopic (exact) mass is 251 g/mol. The highest BCUT2D eigenvalue weighted by Crippen LogP contribution is 2.33. The van der Waals surface area contributed by atoms with Gasteiger partial charge in [-0.15, -0.1) is 0 Å². The standard InChI is InChI=1S/C15H25NS/c1-2-3-12-5-7-15(16)14(10-12)6-4-13-8-9-17-11-13/h8-9,11-12,14-15H,2-7,10,16H2,1H3. The summed E-state index contributed by atoms with van der Waals surface area (Å²) in [7, 11) is 0. The van der Waals surface area contributed by atoms with Crippen LogP contribution in [0.2, 0.25) is 0 Å². The highest BCUT2D eigenvalue weighted by molar-refractivity contribution is 7.07. The maximum atomic E-state index is 6.28. The summed E-state index contributed by atoms with van der Waals surface area (Å²) in [6.45, 7) is 2.30. The Bertz CT molecular complexity index is 307. The molecule has 1 nitrogen and oxygen atoms in total. The third-order valence-electron chi connectivity index (χ3n) is 4.23. The molecule has 1 saturated carbocycles. The van der Waals surface area contributed by atoms with Crippen molar-refractivity contribution in [3.05, 3.63) is 22.4 Å². The summed E-state index contributed by atoms with van der Waals surface area (Å²) in [6.07, 6.45) is 9.24. The molecule has 0 radical (unpaired) electrons. The predicted octanol–water partition coefficient (Wildman–Crippen LogP) is 4.22. The minimum absolute atomic E-state index is 0.460. The fraction of sp³-hybridized carbons (Fsp3) is 0.733. The van der Waals surface area contributed by atoms with E-state index in [4.69, 9.17) is 5.73 Å². The van der Waals surface area contributed by atoms with Gasteiger partial charge in [0.2, 0.25) is 0 Å². The van der Waals surface area contributed by atoms with E-state index in [0.717, 1.165) is 11.8 Å². The molecular weight excluding hydrogens is 226 g/mol. The quantitative estimate of drug-likeness (QED) is 0.833. The second-order valence-electron chi connectivity index (χ2n) is 5.56. The van der Waals surface area contributed by atoms with Crippen molar-refractivity contribution in [2.45, 2.75) is 57.9 Å². The largest absolute Gasteiger partial charge is 0.327 e. The van der Waals surface area contributed by atoms with Crippen LogP contribution in [-0.4, -0.2) is 6.04 Å². The fourth-order valence-corrected chi connectivity index (χ4v) is 3.88. The zero-order valence-electron chi connectivity index (χ0n) is 10.9. The molecule has 0 aliphatic heterocycles. The maximum absolute atomic E-state index is 6.28. The van der Waals surface area contributed by atoms with Gasteiger partial charge >= 0.3 is 0 Å². The van der Waals surface area contributed by atoms with Crippen LogP contribution in [0, 0.1) is 11.8 Å². The van der Waals surface area contributed by atoms with Crippen LogP contribution in [0.5, 0.6) is 0 Å². The number of hydrogen-bond donors (Lipinski definition) is 1. The van der Waals surface area contributed by atoms with Gasteiger partial charge in [-0.2, -0.15) is 11.3 Å². The molecule has 2 heteroatoms. The van der Waals surface area contributed by atoms with E-state index in [0.29, 0.717) is 6.04 Å². The van der Waals surface area contributed by atoms with Crippen molar-refractivity contribution < 1.29 is 0 Å². The first-order valence-electron chi connectivity index (χ1n) is 7.06. The van der Waals surface area contributed by atoms with E-state index < -0.39 is 0 Å². The van der Waals surface area contributed by atoms with Gasteiger partial charge in [0.25, 0.3) is 0 Å². The lowest BCUT2D eigenvalue weighted by molar-refractivity contribution is 0.212. The van der Waals surface area contributed by atoms with Gasteiger partial charge in [0, 0.05) is 6.04 Å². The number of hydrogen-bond acceptors (Lipinski definition) is 2. The van der Waals surface area contributed by atoms with E-state index in [2.05, 4.69) is 23.8 Å². The van der Waals surface area contributed by atoms with Crippen molar-refractivity contribution in [1.29, 1.82) is 0 Å². The topological polar surface area (TPSA) is 26.0 Å². The highest BCUT2D eigenvalue weighted by atomic mass is 32.1. The average Bonchev–Trinajstić information content (AvgIpc) is 2.83. The van der Waals surface area contributed by atoms with Gasteiger partial charge in [0.05, 0.1) is 0 Å². The van der Waals surface area contributed by atoms with E-state index >= 15 is 0 Å². The summed E-state index contributed by atoms with van der Waals surface area (Å²) in [5, 5.41) is 4.45. The molecule has 0 aromatic carbocycles. The minimum atomic E-state index is 0.460. The summed E-state index contributed by atoms with van der Waals surface area (Å²) < 4.78 is 0. The van der Waals surface area contributed by atoms with Crippen LogP contribution in [0.1, 0.15) is 51.0 Å². The maximum Gasteiger partial charge on any atom is 0.00674 e. The second-order valence-corrected chi connectivity index (χ2v) is 6.34. The van der Waals surface area contributed by atoms with Crippen LogP contribution in [0.25, 0.3) is 0 Å². The van der Waals surface area contributed by atoms with E-state index in [1.165, 1.54) is 50.5 Å². The van der Waals surface area contributed by atoms with Crippen molar-refractivity contribution in [1.82, 2.24) is 0 Å². The number of thiophene rings is 1. The smallest absolute Gasteiger partial charge is 0.00674 e. The Morgan fingerprint density at radius 2 is 2.24 bits per heavy atom. The second kappa shape index (κ2) is 6.55. The SMILES string of the molecule is CCCC1CCC(N)C(CCc2ccsc2)C1. The normalized spacial score (nSPS) is 29.4. The molecule has 3 unspecified atom stereocenters. The molecule has 1 aromatic rings. The van der Waals surface area contributed by atoms with Gasteiger partial charge in [-0.1, -0.05) is 19.8 Å². The number of aryl methyl sites for hydroxylation is 1. The molecule has 0 spiro atoms. The molecule has 1 heterocycles. The minimum Gasteiger partial charge on any atom is -0.327 e. The molecule has 1 aliphatic carbocycles. The summed E-state index contributed by atoms with van der Waals surface area (Å²) in [5.41, 5.74) is 7.78. The Hall–Kier alpha value is -0.340. The number of nitrogens with two attached hydrogens (primary N) is 1. The molecule has 1 fully saturated rings. The molecule has 0 bridgehead atoms. The fourth-order valence-electron chi connectivity index (χ4n) is 3.17. The summed E-state index contributed by atoms with van der Waals surface area (Å²) >= 11 is 1.80. The molecule has 1 aromatic heterocycles. The van der Waals surface area contributed by atoms with Gasteiger partial charge in [-0.05, 0) is 66.3 Å². The lowest BCUT2D eigenvalue weighted by Gasteiger charge is -2.34. The van der Waals surface area contributed by atoms with Gasteiger partial charge < -0.3 is 5.73 Å². The molecule has 96 valence electrons. The van der Waals surface area contributed by atoms with E-state index in [1.54, 1.807) is 11.3 Å². The Kier molecular flexibility index (Phi) is 5.05. The molecular formula is C15H25NS. The van der Waals surface area contributed by atoms with Crippen LogP contribution in [-0.2, 0) is 6.42 Å². The Morgan fingerprint density at radius 3 is 2.94 bits per heavy atom. The average molecular weight is 251 g/mol. The predicted molar refractivity (Wildman–Crippen MR) is 76.4 cm³/mol. The van der Waals surface area contributed by atoms with E-state index in [9.17, 15) is 0 Å². The third kappa shape index (κ3) is 3.82. The van der Waals surface area contributed by atoms with Crippen LogP contribution in [0.3, 0.4) is 0 Å². The Labute approximate surface area is 109 Å². The first-order valence-corrected chi connectivity index (χ1v) is 8.00. The molecule has 1 aliphatic rings. The first-order chi connectivity index (χ1) is 8.29. The third-order valence-corrected chi connectivity index (χ3v) is 4.96. The zero-order valence-corrected chi connectivity index (χ0v) is 11.7. The van der Waals surface area contributed by atoms with Gasteiger partial charge in [0.15, 0.2) is 0 Å². The molecule has 0 amide bonds. The van der Waals surface area contributed by atoms with Crippen molar-refractivity contribution >= 4 is 11.3 Å². The van der Waals surface area contributed by atoms with Crippen molar-refractivity contribution in [3.8, 4) is 0 Å².